The molecule has 0 bridgehead atoms. The lowest BCUT2D eigenvalue weighted by Gasteiger charge is -2.23. The number of thiophene rings is 1. The van der Waals surface area contributed by atoms with Gasteiger partial charge in [0, 0.05) is 33.8 Å². The van der Waals surface area contributed by atoms with Gasteiger partial charge in [-0.25, -0.2) is 4.98 Å². The number of carbonyl (C=O) groups excluding carboxylic acids is 1. The molecule has 2 N–H and O–H groups in total. The van der Waals surface area contributed by atoms with E-state index in [0.717, 1.165) is 21.0 Å². The molecule has 6 nitrogen and oxygen atoms in total. The van der Waals surface area contributed by atoms with Gasteiger partial charge in [0.05, 0.1) is 20.3 Å². The lowest BCUT2D eigenvalue weighted by molar-refractivity contribution is 0.102. The summed E-state index contributed by atoms with van der Waals surface area (Å²) >= 11 is 1.53. The molecule has 0 fully saturated rings. The second kappa shape index (κ2) is 10.2. The molecule has 2 aromatic heterocycles. The molecule has 4 aromatic rings. The molecule has 1 unspecified atom stereocenters. The Balaban J connectivity index is 1.78. The van der Waals surface area contributed by atoms with Gasteiger partial charge in [-0.2, -0.15) is 0 Å². The lowest BCUT2D eigenvalue weighted by Crippen LogP contribution is -2.17. The summed E-state index contributed by atoms with van der Waals surface area (Å²) in [5.74, 6) is 1.93. The number of aromatic nitrogens is 1. The molecule has 2 heterocycles. The minimum absolute atomic E-state index is 0.156. The van der Waals surface area contributed by atoms with Gasteiger partial charge in [-0.3, -0.25) is 4.79 Å². The summed E-state index contributed by atoms with van der Waals surface area (Å²) in [7, 11) is 3.25. The van der Waals surface area contributed by atoms with Crippen LogP contribution in [0, 0.1) is 6.92 Å². The van der Waals surface area contributed by atoms with Crippen LogP contribution in [0.4, 0.5) is 10.8 Å². The van der Waals surface area contributed by atoms with Crippen molar-refractivity contribution in [1.29, 1.82) is 0 Å². The van der Waals surface area contributed by atoms with Crippen LogP contribution in [0.2, 0.25) is 0 Å². The minimum Gasteiger partial charge on any atom is -0.497 e. The zero-order valence-electron chi connectivity index (χ0n) is 18.7. The van der Waals surface area contributed by atoms with Gasteiger partial charge in [0.25, 0.3) is 5.91 Å². The summed E-state index contributed by atoms with van der Waals surface area (Å²) in [6.07, 6.45) is 1.74. The van der Waals surface area contributed by atoms with E-state index in [1.165, 1.54) is 11.3 Å². The van der Waals surface area contributed by atoms with E-state index in [-0.39, 0.29) is 11.9 Å². The number of hydrogen-bond donors (Lipinski definition) is 2. The van der Waals surface area contributed by atoms with Crippen molar-refractivity contribution in [3.8, 4) is 11.5 Å². The third-order valence-electron chi connectivity index (χ3n) is 5.17. The van der Waals surface area contributed by atoms with Gasteiger partial charge >= 0.3 is 0 Å². The van der Waals surface area contributed by atoms with Crippen LogP contribution >= 0.6 is 11.3 Å². The van der Waals surface area contributed by atoms with Crippen LogP contribution in [-0.4, -0.2) is 25.1 Å². The average molecular weight is 460 g/mol. The second-order valence-corrected chi connectivity index (χ2v) is 8.62. The van der Waals surface area contributed by atoms with Crippen molar-refractivity contribution in [1.82, 2.24) is 4.98 Å². The second-order valence-electron chi connectivity index (χ2n) is 7.36. The number of nitrogens with one attached hydrogen (secondary N) is 2. The number of nitrogens with zero attached hydrogens (tertiary/aromatic N) is 1. The van der Waals surface area contributed by atoms with E-state index in [2.05, 4.69) is 21.7 Å². The summed E-state index contributed by atoms with van der Waals surface area (Å²) in [5.41, 5.74) is 2.43. The highest BCUT2D eigenvalue weighted by atomic mass is 32.1. The Morgan fingerprint density at radius 3 is 2.42 bits per heavy atom. The van der Waals surface area contributed by atoms with Crippen molar-refractivity contribution >= 4 is 28.1 Å². The van der Waals surface area contributed by atoms with Crippen molar-refractivity contribution in [2.24, 2.45) is 0 Å². The molecule has 2 aromatic carbocycles. The van der Waals surface area contributed by atoms with E-state index >= 15 is 0 Å². The molecule has 0 radical (unpaired) electrons. The number of anilines is 2. The third kappa shape index (κ3) is 5.15. The maximum atomic E-state index is 12.9. The Bertz CT molecular complexity index is 1230. The zero-order valence-corrected chi connectivity index (χ0v) is 19.5. The van der Waals surface area contributed by atoms with Crippen LogP contribution in [0.1, 0.15) is 32.4 Å². The first-order valence-corrected chi connectivity index (χ1v) is 11.3. The van der Waals surface area contributed by atoms with Crippen LogP contribution in [-0.2, 0) is 0 Å². The quantitative estimate of drug-likeness (QED) is 0.342. The Labute approximate surface area is 197 Å². The number of rotatable bonds is 8. The predicted molar refractivity (Wildman–Crippen MR) is 133 cm³/mol. The Kier molecular flexibility index (Phi) is 6.90. The fourth-order valence-electron chi connectivity index (χ4n) is 3.59. The van der Waals surface area contributed by atoms with Gasteiger partial charge in [-0.1, -0.05) is 24.3 Å². The lowest BCUT2D eigenvalue weighted by atomic mass is 9.98. The number of carbonyl (C=O) groups is 1. The number of methoxy groups -OCH3 is 2. The summed E-state index contributed by atoms with van der Waals surface area (Å²) < 4.78 is 11.1. The number of aryl methyl sites for hydroxylation is 1. The van der Waals surface area contributed by atoms with Crippen molar-refractivity contribution in [3.63, 3.8) is 0 Å². The largest absolute Gasteiger partial charge is 0.497 e. The van der Waals surface area contributed by atoms with Crippen LogP contribution in [0.15, 0.2) is 79.0 Å². The molecule has 1 amide bonds. The van der Waals surface area contributed by atoms with Crippen molar-refractivity contribution in [2.75, 3.05) is 24.9 Å². The van der Waals surface area contributed by atoms with E-state index in [0.29, 0.717) is 22.9 Å². The number of hydrogen-bond acceptors (Lipinski definition) is 6. The molecular weight excluding hydrogens is 434 g/mol. The highest BCUT2D eigenvalue weighted by Crippen LogP contribution is 2.41. The first kappa shape index (κ1) is 22.4. The maximum absolute atomic E-state index is 12.9. The van der Waals surface area contributed by atoms with E-state index in [4.69, 9.17) is 9.47 Å². The smallest absolute Gasteiger partial charge is 0.256 e. The zero-order chi connectivity index (χ0) is 23.2. The molecule has 0 aliphatic heterocycles. The monoisotopic (exact) mass is 459 g/mol. The van der Waals surface area contributed by atoms with Gasteiger partial charge in [0.15, 0.2) is 0 Å². The SMILES string of the molecule is COc1ccc(C(Nc2ccccn2)c2cc(C)sc2NC(=O)c2ccccc2)c(OC)c1. The Hall–Kier alpha value is -3.84. The molecule has 4 rings (SSSR count). The van der Waals surface area contributed by atoms with Crippen LogP contribution in [0.25, 0.3) is 0 Å². The molecule has 1 atom stereocenters. The van der Waals surface area contributed by atoms with E-state index in [1.54, 1.807) is 32.5 Å². The van der Waals surface area contributed by atoms with Crippen molar-refractivity contribution in [3.05, 3.63) is 101 Å². The molecule has 0 saturated carbocycles. The van der Waals surface area contributed by atoms with Gasteiger partial charge in [0.2, 0.25) is 0 Å². The molecule has 0 saturated heterocycles. The summed E-state index contributed by atoms with van der Waals surface area (Å²) in [5, 5.41) is 7.38. The third-order valence-corrected chi connectivity index (χ3v) is 6.15. The Morgan fingerprint density at radius 1 is 0.939 bits per heavy atom. The minimum atomic E-state index is -0.322. The molecule has 7 heteroatoms. The van der Waals surface area contributed by atoms with Crippen LogP contribution in [0.5, 0.6) is 11.5 Å². The maximum Gasteiger partial charge on any atom is 0.256 e. The average Bonchev–Trinajstić information content (AvgIpc) is 3.22. The number of pyridine rings is 1. The van der Waals surface area contributed by atoms with Crippen molar-refractivity contribution < 1.29 is 14.3 Å². The summed E-state index contributed by atoms with van der Waals surface area (Å²) in [6, 6.07) is 22.4. The molecule has 33 heavy (non-hydrogen) atoms. The fraction of sp³-hybridized carbons (Fsp3) is 0.154. The van der Waals surface area contributed by atoms with E-state index < -0.39 is 0 Å². The van der Waals surface area contributed by atoms with Crippen LogP contribution in [0.3, 0.4) is 0 Å². The first-order chi connectivity index (χ1) is 16.1. The van der Waals surface area contributed by atoms with Gasteiger partial charge in [-0.05, 0) is 49.4 Å². The van der Waals surface area contributed by atoms with Gasteiger partial charge in [-0.15, -0.1) is 11.3 Å². The number of amides is 1. The normalized spacial score (nSPS) is 11.5. The predicted octanol–water partition coefficient (Wildman–Crippen LogP) is 5.92. The summed E-state index contributed by atoms with van der Waals surface area (Å²) in [4.78, 5) is 18.4. The van der Waals surface area contributed by atoms with E-state index in [1.807, 2.05) is 61.5 Å². The van der Waals surface area contributed by atoms with Crippen LogP contribution < -0.4 is 20.1 Å². The fourth-order valence-corrected chi connectivity index (χ4v) is 4.53. The molecule has 0 aliphatic carbocycles. The topological polar surface area (TPSA) is 72.5 Å². The molecule has 0 aliphatic rings. The first-order valence-electron chi connectivity index (χ1n) is 10.4. The molecular formula is C26H25N3O3S. The highest BCUT2D eigenvalue weighted by molar-refractivity contribution is 7.16. The van der Waals surface area contributed by atoms with Crippen molar-refractivity contribution in [2.45, 2.75) is 13.0 Å². The standard InChI is InChI=1S/C26H25N3O3S/c1-17-15-21(26(33-17)29-25(30)18-9-5-4-6-10-18)24(28-23-11-7-8-14-27-23)20-13-12-19(31-2)16-22(20)32-3/h4-16,24H,1-3H3,(H,27,28)(H,29,30). The number of ether oxygens (including phenoxy) is 2. The summed E-state index contributed by atoms with van der Waals surface area (Å²) in [6.45, 7) is 2.02. The molecule has 168 valence electrons. The highest BCUT2D eigenvalue weighted by Gasteiger charge is 2.25. The number of benzene rings is 2. The van der Waals surface area contributed by atoms with E-state index in [9.17, 15) is 4.79 Å². The molecule has 0 spiro atoms. The Morgan fingerprint density at radius 2 is 1.73 bits per heavy atom. The van der Waals surface area contributed by atoms with Gasteiger partial charge in [0.1, 0.15) is 22.3 Å². The van der Waals surface area contributed by atoms with Gasteiger partial charge < -0.3 is 20.1 Å².